The normalized spacial score (nSPS) is 11.5. The molecule has 1 aromatic heterocycles. The zero-order chi connectivity index (χ0) is 24.2. The third-order valence-electron chi connectivity index (χ3n) is 5.49. The number of hydrogen-bond acceptors (Lipinski definition) is 5. The Kier molecular flexibility index (Phi) is 10.2. The van der Waals surface area contributed by atoms with Crippen molar-refractivity contribution in [1.29, 1.82) is 0 Å². The summed E-state index contributed by atoms with van der Waals surface area (Å²) in [6.07, 6.45) is 6.16. The van der Waals surface area contributed by atoms with Gasteiger partial charge in [-0.2, -0.15) is 0 Å². The molecular weight excluding hydrogens is 453 g/mol. The Labute approximate surface area is 201 Å². The molecule has 8 heteroatoms. The number of nitrogens with one attached hydrogen (secondary N) is 1. The molecule has 0 unspecified atom stereocenters. The first-order valence-corrected chi connectivity index (χ1v) is 13.4. The van der Waals surface area contributed by atoms with Gasteiger partial charge in [0, 0.05) is 6.54 Å². The van der Waals surface area contributed by atoms with Gasteiger partial charge in [0.15, 0.2) is 0 Å². The van der Waals surface area contributed by atoms with Gasteiger partial charge in [0.25, 0.3) is 0 Å². The second-order valence-corrected chi connectivity index (χ2v) is 10.0. The Bertz CT molecular complexity index is 1030. The maximum atomic E-state index is 10.9. The molecule has 0 bridgehead atoms. The maximum Gasteiger partial charge on any atom is 0.325 e. The molecule has 34 heavy (non-hydrogen) atoms. The van der Waals surface area contributed by atoms with Crippen LogP contribution in [-0.2, 0) is 17.5 Å². The smallest absolute Gasteiger partial charge is 0.325 e. The molecule has 0 aliphatic rings. The molecule has 3 aromatic rings. The Morgan fingerprint density at radius 1 is 0.971 bits per heavy atom. The Morgan fingerprint density at radius 2 is 1.76 bits per heavy atom. The van der Waals surface area contributed by atoms with E-state index in [1.165, 1.54) is 5.56 Å². The lowest BCUT2D eigenvalue weighted by Crippen LogP contribution is -2.16. The number of rotatable bonds is 15. The molecule has 184 valence electrons. The van der Waals surface area contributed by atoms with Crippen LogP contribution in [0.3, 0.4) is 0 Å². The van der Waals surface area contributed by atoms with Crippen molar-refractivity contribution in [1.82, 2.24) is 5.32 Å². The molecule has 0 spiro atoms. The number of furan rings is 1. The monoisotopic (exact) mass is 487 g/mol. The van der Waals surface area contributed by atoms with Crippen LogP contribution < -0.4 is 14.8 Å². The van der Waals surface area contributed by atoms with Gasteiger partial charge in [-0.25, -0.2) is 0 Å². The van der Waals surface area contributed by atoms with Gasteiger partial charge in [0.05, 0.1) is 31.7 Å². The summed E-state index contributed by atoms with van der Waals surface area (Å²) in [7, 11) is -2.26. The molecule has 0 saturated heterocycles. The summed E-state index contributed by atoms with van der Waals surface area (Å²) in [4.78, 5) is 17.9. The molecule has 3 N–H and O–H groups in total. The first kappa shape index (κ1) is 26.0. The average Bonchev–Trinajstić information content (AvgIpc) is 3.36. The fourth-order valence-electron chi connectivity index (χ4n) is 3.66. The lowest BCUT2D eigenvalue weighted by atomic mass is 10.1. The largest absolute Gasteiger partial charge is 0.497 e. The summed E-state index contributed by atoms with van der Waals surface area (Å²) in [5.41, 5.74) is 3.26. The highest BCUT2D eigenvalue weighted by molar-refractivity contribution is 7.51. The molecule has 7 nitrogen and oxygen atoms in total. The highest BCUT2D eigenvalue weighted by Crippen LogP contribution is 2.34. The summed E-state index contributed by atoms with van der Waals surface area (Å²) in [5.74, 6) is 2.42. The molecular formula is C26H34NO6P. The van der Waals surface area contributed by atoms with Gasteiger partial charge < -0.3 is 29.0 Å². The van der Waals surface area contributed by atoms with E-state index in [0.717, 1.165) is 54.1 Å². The minimum atomic E-state index is -3.94. The van der Waals surface area contributed by atoms with Crippen molar-refractivity contribution in [2.45, 2.75) is 38.6 Å². The molecule has 1 heterocycles. The summed E-state index contributed by atoms with van der Waals surface area (Å²) >= 11 is 0. The lowest BCUT2D eigenvalue weighted by molar-refractivity contribution is 0.305. The lowest BCUT2D eigenvalue weighted by Gasteiger charge is -2.13. The maximum absolute atomic E-state index is 10.9. The summed E-state index contributed by atoms with van der Waals surface area (Å²) in [6, 6.07) is 18.0. The SMILES string of the molecule is COc1ccc(CCCCCOc2ccc(CNCCCP(=O)(O)O)cc2-c2ccco2)cc1. The fraction of sp³-hybridized carbons (Fsp3) is 0.385. The summed E-state index contributed by atoms with van der Waals surface area (Å²) < 4.78 is 27.9. The van der Waals surface area contributed by atoms with Crippen molar-refractivity contribution in [2.24, 2.45) is 0 Å². The van der Waals surface area contributed by atoms with Gasteiger partial charge >= 0.3 is 7.60 Å². The summed E-state index contributed by atoms with van der Waals surface area (Å²) in [5, 5.41) is 3.23. The molecule has 0 aliphatic carbocycles. The quantitative estimate of drug-likeness (QED) is 0.195. The van der Waals surface area contributed by atoms with E-state index in [1.54, 1.807) is 13.4 Å². The Morgan fingerprint density at radius 3 is 2.47 bits per heavy atom. The molecule has 0 aliphatic heterocycles. The number of hydrogen-bond donors (Lipinski definition) is 3. The predicted molar refractivity (Wildman–Crippen MR) is 133 cm³/mol. The average molecular weight is 488 g/mol. The fourth-order valence-corrected chi connectivity index (χ4v) is 4.23. The van der Waals surface area contributed by atoms with Crippen LogP contribution in [0.25, 0.3) is 11.3 Å². The third-order valence-corrected chi connectivity index (χ3v) is 6.39. The second kappa shape index (κ2) is 13.4. The van der Waals surface area contributed by atoms with Crippen LogP contribution in [0.1, 0.15) is 36.8 Å². The van der Waals surface area contributed by atoms with Gasteiger partial charge in [-0.1, -0.05) is 18.2 Å². The van der Waals surface area contributed by atoms with Gasteiger partial charge in [-0.05, 0) is 86.2 Å². The van der Waals surface area contributed by atoms with Gasteiger partial charge in [-0.3, -0.25) is 4.57 Å². The Hall–Kier alpha value is -2.57. The van der Waals surface area contributed by atoms with Crippen LogP contribution in [0.4, 0.5) is 0 Å². The minimum Gasteiger partial charge on any atom is -0.497 e. The highest BCUT2D eigenvalue weighted by Gasteiger charge is 2.12. The zero-order valence-corrected chi connectivity index (χ0v) is 20.5. The molecule has 0 amide bonds. The standard InChI is InChI=1S/C26H34NO6P/c1-31-23-12-9-21(10-13-23)7-3-2-4-16-32-26-14-11-22(19-24(26)25-8-5-17-33-25)20-27-15-6-18-34(28,29)30/h5,8-14,17,19,27H,2-4,6-7,15-16,18,20H2,1H3,(H2,28,29,30). The van der Waals surface area contributed by atoms with E-state index in [2.05, 4.69) is 17.4 Å². The van der Waals surface area contributed by atoms with Crippen LogP contribution >= 0.6 is 7.60 Å². The molecule has 2 aromatic carbocycles. The summed E-state index contributed by atoms with van der Waals surface area (Å²) in [6.45, 7) is 1.77. The van der Waals surface area contributed by atoms with E-state index in [9.17, 15) is 4.57 Å². The van der Waals surface area contributed by atoms with Crippen molar-refractivity contribution in [2.75, 3.05) is 26.4 Å². The molecule has 0 radical (unpaired) electrons. The van der Waals surface area contributed by atoms with Crippen LogP contribution in [0.15, 0.2) is 65.3 Å². The van der Waals surface area contributed by atoms with Gasteiger partial charge in [0.2, 0.25) is 0 Å². The molecule has 0 atom stereocenters. The van der Waals surface area contributed by atoms with Crippen molar-refractivity contribution >= 4 is 7.60 Å². The first-order valence-electron chi connectivity index (χ1n) is 11.6. The van der Waals surface area contributed by atoms with Crippen LogP contribution in [-0.4, -0.2) is 36.2 Å². The number of unbranched alkanes of at least 4 members (excludes halogenated alkanes) is 2. The topological polar surface area (TPSA) is 101 Å². The van der Waals surface area contributed by atoms with Crippen molar-refractivity contribution < 1.29 is 28.2 Å². The van der Waals surface area contributed by atoms with Gasteiger partial charge in [0.1, 0.15) is 17.3 Å². The van der Waals surface area contributed by atoms with Gasteiger partial charge in [-0.15, -0.1) is 0 Å². The van der Waals surface area contributed by atoms with Crippen LogP contribution in [0.5, 0.6) is 11.5 Å². The van der Waals surface area contributed by atoms with E-state index >= 15 is 0 Å². The highest BCUT2D eigenvalue weighted by atomic mass is 31.2. The van der Waals surface area contributed by atoms with Crippen LogP contribution in [0, 0.1) is 0 Å². The molecule has 0 fully saturated rings. The predicted octanol–water partition coefficient (Wildman–Crippen LogP) is 5.40. The second-order valence-electron chi connectivity index (χ2n) is 8.23. The van der Waals surface area contributed by atoms with E-state index in [0.29, 0.717) is 26.1 Å². The number of methoxy groups -OCH3 is 1. The number of benzene rings is 2. The zero-order valence-electron chi connectivity index (χ0n) is 19.6. The van der Waals surface area contributed by atoms with E-state index < -0.39 is 7.60 Å². The molecule has 3 rings (SSSR count). The van der Waals surface area contributed by atoms with Crippen LogP contribution in [0.2, 0.25) is 0 Å². The first-order chi connectivity index (χ1) is 16.4. The third kappa shape index (κ3) is 8.99. The van der Waals surface area contributed by atoms with E-state index in [-0.39, 0.29) is 6.16 Å². The van der Waals surface area contributed by atoms with E-state index in [4.69, 9.17) is 23.7 Å². The van der Waals surface area contributed by atoms with Crippen molar-refractivity contribution in [3.8, 4) is 22.8 Å². The number of ether oxygens (including phenoxy) is 2. The Balaban J connectivity index is 1.45. The minimum absolute atomic E-state index is 0.107. The molecule has 0 saturated carbocycles. The van der Waals surface area contributed by atoms with Crippen molar-refractivity contribution in [3.63, 3.8) is 0 Å². The van der Waals surface area contributed by atoms with Crippen molar-refractivity contribution in [3.05, 3.63) is 72.0 Å². The number of aryl methyl sites for hydroxylation is 1. The van der Waals surface area contributed by atoms with E-state index in [1.807, 2.05) is 42.5 Å².